The van der Waals surface area contributed by atoms with E-state index in [-0.39, 0.29) is 28.5 Å². The van der Waals surface area contributed by atoms with Crippen LogP contribution in [-0.2, 0) is 19.6 Å². The zero-order valence-electron chi connectivity index (χ0n) is 18.9. The van der Waals surface area contributed by atoms with E-state index in [2.05, 4.69) is 15.2 Å². The van der Waals surface area contributed by atoms with E-state index in [9.17, 15) is 23.1 Å². The second-order valence-electron chi connectivity index (χ2n) is 8.98. The Morgan fingerprint density at radius 2 is 1.67 bits per heavy atom. The molecule has 1 aromatic carbocycles. The summed E-state index contributed by atoms with van der Waals surface area (Å²) in [5.74, 6) is -2.81. The van der Waals surface area contributed by atoms with E-state index in [0.29, 0.717) is 16.9 Å². The molecule has 2 fully saturated rings. The predicted octanol–water partition coefficient (Wildman–Crippen LogP) is 3.72. The number of carboxylic acids is 1. The summed E-state index contributed by atoms with van der Waals surface area (Å²) >= 11 is 0. The molecule has 1 heterocycles. The van der Waals surface area contributed by atoms with Crippen molar-refractivity contribution >= 4 is 33.5 Å². The number of benzene rings is 1. The van der Waals surface area contributed by atoms with Crippen molar-refractivity contribution in [2.75, 3.05) is 10.0 Å². The summed E-state index contributed by atoms with van der Waals surface area (Å²) < 4.78 is 32.7. The third-order valence-corrected chi connectivity index (χ3v) is 8.17. The molecule has 1 aromatic heterocycles. The second kappa shape index (κ2) is 8.33. The lowest BCUT2D eigenvalue weighted by atomic mass is 9.78. The number of hydrogen-bond acceptors (Lipinski definition) is 6. The van der Waals surface area contributed by atoms with Gasteiger partial charge in [-0.15, -0.1) is 0 Å². The topological polar surface area (TPSA) is 139 Å². The number of aromatic nitrogens is 1. The number of nitrogens with one attached hydrogen (secondary N) is 2. The van der Waals surface area contributed by atoms with Gasteiger partial charge >= 0.3 is 5.97 Å². The average molecular weight is 474 g/mol. The third-order valence-electron chi connectivity index (χ3n) is 6.82. The van der Waals surface area contributed by atoms with Gasteiger partial charge in [-0.3, -0.25) is 9.59 Å². The lowest BCUT2D eigenvalue weighted by Gasteiger charge is -2.26. The SMILES string of the molecule is CC(C)=C1[C@H]2CC[C@@H]1[C@@H](C(=O)O)[C@@H]2C(=O)Nc1ccc(S(=O)(=O)Nc2onc(C)c2C)cc1. The summed E-state index contributed by atoms with van der Waals surface area (Å²) in [5, 5.41) is 16.3. The number of carbonyl (C=O) groups excluding carboxylic acids is 1. The highest BCUT2D eigenvalue weighted by atomic mass is 32.2. The highest BCUT2D eigenvalue weighted by Crippen LogP contribution is 2.57. The molecule has 0 spiro atoms. The van der Waals surface area contributed by atoms with Gasteiger partial charge in [0.1, 0.15) is 0 Å². The molecule has 176 valence electrons. The molecule has 9 nitrogen and oxygen atoms in total. The Hall–Kier alpha value is -3.14. The van der Waals surface area contributed by atoms with Crippen molar-refractivity contribution in [2.45, 2.75) is 45.4 Å². The molecule has 2 aromatic rings. The molecular weight excluding hydrogens is 446 g/mol. The van der Waals surface area contributed by atoms with E-state index in [0.717, 1.165) is 24.0 Å². The molecular formula is C23H27N3O6S. The van der Waals surface area contributed by atoms with E-state index in [4.69, 9.17) is 4.52 Å². The minimum absolute atomic E-state index is 0.0101. The van der Waals surface area contributed by atoms with Crippen LogP contribution >= 0.6 is 0 Å². The lowest BCUT2D eigenvalue weighted by Crippen LogP contribution is -2.37. The van der Waals surface area contributed by atoms with Gasteiger partial charge in [0.15, 0.2) is 0 Å². The van der Waals surface area contributed by atoms with Gasteiger partial charge in [-0.1, -0.05) is 16.3 Å². The molecule has 2 bridgehead atoms. The van der Waals surface area contributed by atoms with E-state index >= 15 is 0 Å². The normalized spacial score (nSPS) is 24.1. The molecule has 0 radical (unpaired) electrons. The number of anilines is 2. The number of amides is 1. The smallest absolute Gasteiger partial charge is 0.307 e. The number of hydrogen-bond donors (Lipinski definition) is 3. The van der Waals surface area contributed by atoms with Crippen molar-refractivity contribution in [2.24, 2.45) is 23.7 Å². The Labute approximate surface area is 192 Å². The molecule has 4 rings (SSSR count). The van der Waals surface area contributed by atoms with Crippen molar-refractivity contribution in [3.05, 3.63) is 46.7 Å². The number of aryl methyl sites for hydroxylation is 1. The number of rotatable bonds is 6. The van der Waals surface area contributed by atoms with E-state index in [1.807, 2.05) is 13.8 Å². The van der Waals surface area contributed by atoms with Gasteiger partial charge in [0.05, 0.1) is 22.4 Å². The standard InChI is InChI=1S/C23H27N3O6S/c1-11(2)18-16-9-10-17(18)20(23(28)29)19(16)21(27)24-14-5-7-15(8-6-14)33(30,31)26-22-12(3)13(4)25-32-22/h5-8,16-17,19-20,26H,9-10H2,1-4H3,(H,24,27)(H,28,29)/t16-,17+,19-,20-/m1/s1. The van der Waals surface area contributed by atoms with Gasteiger partial charge in [-0.25, -0.2) is 13.1 Å². The number of nitrogens with zero attached hydrogens (tertiary/aromatic N) is 1. The summed E-state index contributed by atoms with van der Waals surface area (Å²) in [6, 6.07) is 5.70. The number of fused-ring (bicyclic) bond motifs is 2. The quantitative estimate of drug-likeness (QED) is 0.543. The fourth-order valence-electron chi connectivity index (χ4n) is 5.24. The Kier molecular flexibility index (Phi) is 5.81. The van der Waals surface area contributed by atoms with Gasteiger partial charge in [-0.2, -0.15) is 0 Å². The number of aliphatic carboxylic acids is 1. The maximum Gasteiger partial charge on any atom is 0.307 e. The fourth-order valence-corrected chi connectivity index (χ4v) is 6.29. The van der Waals surface area contributed by atoms with Crippen LogP contribution in [0, 0.1) is 37.5 Å². The van der Waals surface area contributed by atoms with Gasteiger partial charge in [0.25, 0.3) is 10.0 Å². The van der Waals surface area contributed by atoms with Crippen LogP contribution in [0.15, 0.2) is 44.8 Å². The van der Waals surface area contributed by atoms with Crippen LogP contribution in [0.2, 0.25) is 0 Å². The highest BCUT2D eigenvalue weighted by molar-refractivity contribution is 7.92. The van der Waals surface area contributed by atoms with Crippen LogP contribution in [0.25, 0.3) is 0 Å². The van der Waals surface area contributed by atoms with Crippen LogP contribution in [0.4, 0.5) is 11.6 Å². The number of carbonyl (C=O) groups is 2. The van der Waals surface area contributed by atoms with Gasteiger partial charge in [0, 0.05) is 11.3 Å². The van der Waals surface area contributed by atoms with Gasteiger partial charge in [-0.05, 0) is 76.6 Å². The Bertz CT molecular complexity index is 1240. The summed E-state index contributed by atoms with van der Waals surface area (Å²) in [5.41, 5.74) is 3.77. The molecule has 0 aliphatic heterocycles. The molecule has 1 amide bonds. The number of allylic oxidation sites excluding steroid dienone is 2. The molecule has 33 heavy (non-hydrogen) atoms. The lowest BCUT2D eigenvalue weighted by molar-refractivity contribution is -0.148. The first-order valence-corrected chi connectivity index (χ1v) is 12.3. The largest absolute Gasteiger partial charge is 0.481 e. The molecule has 0 unspecified atom stereocenters. The molecule has 10 heteroatoms. The van der Waals surface area contributed by atoms with E-state index in [1.165, 1.54) is 24.3 Å². The molecule has 2 aliphatic rings. The summed E-state index contributed by atoms with van der Waals surface area (Å²) in [6.07, 6.45) is 1.59. The summed E-state index contributed by atoms with van der Waals surface area (Å²) in [7, 11) is -3.91. The zero-order valence-corrected chi connectivity index (χ0v) is 19.7. The molecule has 2 aliphatic carbocycles. The highest BCUT2D eigenvalue weighted by Gasteiger charge is 2.57. The Morgan fingerprint density at radius 1 is 1.06 bits per heavy atom. The fraction of sp³-hybridized carbons (Fsp3) is 0.435. The van der Waals surface area contributed by atoms with E-state index < -0.39 is 27.8 Å². The van der Waals surface area contributed by atoms with Crippen molar-refractivity contribution in [1.82, 2.24) is 5.16 Å². The molecule has 4 atom stereocenters. The van der Waals surface area contributed by atoms with Crippen LogP contribution in [0.5, 0.6) is 0 Å². The van der Waals surface area contributed by atoms with Crippen LogP contribution in [0.1, 0.15) is 37.9 Å². The van der Waals surface area contributed by atoms with Crippen LogP contribution < -0.4 is 10.0 Å². The minimum atomic E-state index is -3.91. The third kappa shape index (κ3) is 4.03. The van der Waals surface area contributed by atoms with Crippen molar-refractivity contribution in [3.63, 3.8) is 0 Å². The number of sulfonamides is 1. The maximum absolute atomic E-state index is 13.1. The molecule has 0 saturated heterocycles. The molecule has 2 saturated carbocycles. The van der Waals surface area contributed by atoms with Crippen molar-refractivity contribution < 1.29 is 27.6 Å². The van der Waals surface area contributed by atoms with Crippen molar-refractivity contribution in [3.8, 4) is 0 Å². The van der Waals surface area contributed by atoms with Gasteiger partial charge in [0.2, 0.25) is 11.8 Å². The minimum Gasteiger partial charge on any atom is -0.481 e. The monoisotopic (exact) mass is 473 g/mol. The first kappa shape index (κ1) is 23.0. The summed E-state index contributed by atoms with van der Waals surface area (Å²) in [4.78, 5) is 25.1. The number of carboxylic acid groups (broad SMARTS) is 1. The van der Waals surface area contributed by atoms with Gasteiger partial charge < -0.3 is 14.9 Å². The summed E-state index contributed by atoms with van der Waals surface area (Å²) in [6.45, 7) is 7.34. The second-order valence-corrected chi connectivity index (χ2v) is 10.7. The first-order chi connectivity index (χ1) is 15.5. The average Bonchev–Trinajstić information content (AvgIpc) is 3.41. The zero-order chi connectivity index (χ0) is 24.1. The van der Waals surface area contributed by atoms with E-state index in [1.54, 1.807) is 13.8 Å². The van der Waals surface area contributed by atoms with Crippen LogP contribution in [0.3, 0.4) is 0 Å². The Morgan fingerprint density at radius 3 is 2.18 bits per heavy atom. The Balaban J connectivity index is 1.51. The van der Waals surface area contributed by atoms with Crippen LogP contribution in [-0.4, -0.2) is 30.6 Å². The first-order valence-electron chi connectivity index (χ1n) is 10.8. The van der Waals surface area contributed by atoms with Crippen molar-refractivity contribution in [1.29, 1.82) is 0 Å². The predicted molar refractivity (Wildman–Crippen MR) is 121 cm³/mol. The molecule has 3 N–H and O–H groups in total. The maximum atomic E-state index is 13.1.